The van der Waals surface area contributed by atoms with E-state index in [1.165, 1.54) is 18.3 Å². The molecule has 7 nitrogen and oxygen atoms in total. The fraction of sp³-hybridized carbons (Fsp3) is 0.417. The Morgan fingerprint density at radius 2 is 1.95 bits per heavy atom. The molecular weight excluding hydrogens is 519 g/mol. The second kappa shape index (κ2) is 9.60. The zero-order chi connectivity index (χ0) is 27.2. The Balaban J connectivity index is 1.65. The highest BCUT2D eigenvalue weighted by Crippen LogP contribution is 2.51. The van der Waals surface area contributed by atoms with Crippen molar-refractivity contribution in [3.05, 3.63) is 52.9 Å². The second-order valence-electron chi connectivity index (χ2n) is 9.69. The fourth-order valence-corrected chi connectivity index (χ4v) is 5.72. The number of benzene rings is 1. The van der Waals surface area contributed by atoms with Crippen LogP contribution in [0.25, 0.3) is 10.4 Å². The van der Waals surface area contributed by atoms with Crippen molar-refractivity contribution in [2.75, 3.05) is 5.32 Å². The predicted molar refractivity (Wildman–Crippen MR) is 125 cm³/mol. The molecule has 2 atom stereocenters. The summed E-state index contributed by atoms with van der Waals surface area (Å²) in [6.07, 6.45) is -4.66. The first kappa shape index (κ1) is 26.9. The number of halogens is 5. The summed E-state index contributed by atoms with van der Waals surface area (Å²) in [7, 11) is 0. The topological polar surface area (TPSA) is 108 Å². The van der Waals surface area contributed by atoms with Gasteiger partial charge in [-0.15, -0.1) is 11.3 Å². The number of alkyl halides is 5. The second-order valence-corrected chi connectivity index (χ2v) is 10.7. The van der Waals surface area contributed by atoms with Gasteiger partial charge >= 0.3 is 12.1 Å². The standard InChI is InChI=1S/C24H23F5N4O3S/c1-22(2)11-23(36,5-3-15(22)19(34)35)20-31-10-16(37-20)12-7-13(18(25)26)9-14(8-12)32-21-30-6-4-17(33-21)24(27,28)29/h4,6-10,15,18,36H,3,5,11H2,1-2H3,(H,34,35)(H,30,32,33)/t15-,23-/m0/s1. The number of nitrogens with one attached hydrogen (secondary N) is 1. The lowest BCUT2D eigenvalue weighted by Crippen LogP contribution is -2.44. The molecule has 1 saturated carbocycles. The van der Waals surface area contributed by atoms with E-state index in [9.17, 15) is 37.0 Å². The summed E-state index contributed by atoms with van der Waals surface area (Å²) in [6, 6.07) is 4.46. The maximum Gasteiger partial charge on any atom is 0.433 e. The van der Waals surface area contributed by atoms with E-state index in [-0.39, 0.29) is 30.5 Å². The number of aliphatic hydroxyl groups is 1. The molecule has 2 aromatic heterocycles. The van der Waals surface area contributed by atoms with E-state index in [2.05, 4.69) is 20.3 Å². The minimum atomic E-state index is -4.70. The van der Waals surface area contributed by atoms with E-state index < -0.39 is 47.1 Å². The molecule has 0 bridgehead atoms. The summed E-state index contributed by atoms with van der Waals surface area (Å²) in [4.78, 5) is 23.5. The van der Waals surface area contributed by atoms with E-state index in [1.807, 2.05) is 0 Å². The van der Waals surface area contributed by atoms with Crippen LogP contribution >= 0.6 is 11.3 Å². The molecule has 2 heterocycles. The molecule has 1 fully saturated rings. The summed E-state index contributed by atoms with van der Waals surface area (Å²) >= 11 is 1.08. The number of aromatic nitrogens is 3. The van der Waals surface area contributed by atoms with E-state index in [0.29, 0.717) is 21.5 Å². The zero-order valence-corrected chi connectivity index (χ0v) is 20.5. The Labute approximate surface area is 212 Å². The molecule has 4 rings (SSSR count). The number of carboxylic acid groups (broad SMARTS) is 1. The smallest absolute Gasteiger partial charge is 0.433 e. The van der Waals surface area contributed by atoms with Crippen molar-refractivity contribution in [1.29, 1.82) is 0 Å². The third-order valence-electron chi connectivity index (χ3n) is 6.43. The number of carbonyl (C=O) groups is 1. The highest BCUT2D eigenvalue weighted by molar-refractivity contribution is 7.15. The molecule has 0 spiro atoms. The summed E-state index contributed by atoms with van der Waals surface area (Å²) in [5, 5.41) is 23.7. The third kappa shape index (κ3) is 5.72. The van der Waals surface area contributed by atoms with Gasteiger partial charge < -0.3 is 15.5 Å². The molecule has 0 amide bonds. The van der Waals surface area contributed by atoms with Crippen LogP contribution < -0.4 is 5.32 Å². The van der Waals surface area contributed by atoms with Crippen molar-refractivity contribution in [3.63, 3.8) is 0 Å². The van der Waals surface area contributed by atoms with Crippen LogP contribution in [-0.2, 0) is 16.6 Å². The molecular formula is C24H23F5N4O3S. The predicted octanol–water partition coefficient (Wildman–Crippen LogP) is 6.40. The highest BCUT2D eigenvalue weighted by Gasteiger charge is 2.49. The van der Waals surface area contributed by atoms with Crippen LogP contribution in [0.1, 0.15) is 55.8 Å². The van der Waals surface area contributed by atoms with Crippen LogP contribution in [0, 0.1) is 11.3 Å². The Kier molecular flexibility index (Phi) is 6.97. The van der Waals surface area contributed by atoms with Gasteiger partial charge in [-0.1, -0.05) is 13.8 Å². The number of nitrogens with zero attached hydrogens (tertiary/aromatic N) is 3. The molecule has 13 heteroatoms. The minimum Gasteiger partial charge on any atom is -0.481 e. The van der Waals surface area contributed by atoms with Gasteiger partial charge in [0.25, 0.3) is 6.43 Å². The zero-order valence-electron chi connectivity index (χ0n) is 19.7. The SMILES string of the molecule is CC1(C)C[C@](O)(c2ncc(-c3cc(Nc4nccc(C(F)(F)F)n4)cc(C(F)F)c3)s2)CC[C@H]1C(=O)O. The summed E-state index contributed by atoms with van der Waals surface area (Å²) < 4.78 is 66.2. The van der Waals surface area contributed by atoms with E-state index in [4.69, 9.17) is 0 Å². The van der Waals surface area contributed by atoms with Gasteiger partial charge in [0, 0.05) is 23.6 Å². The van der Waals surface area contributed by atoms with Crippen LogP contribution in [0.3, 0.4) is 0 Å². The number of thiazole rings is 1. The lowest BCUT2D eigenvalue weighted by Gasteiger charge is -2.44. The van der Waals surface area contributed by atoms with E-state index in [1.54, 1.807) is 13.8 Å². The van der Waals surface area contributed by atoms with Crippen molar-refractivity contribution in [2.45, 2.75) is 51.3 Å². The molecule has 3 N–H and O–H groups in total. The first-order valence-corrected chi connectivity index (χ1v) is 12.0. The highest BCUT2D eigenvalue weighted by atomic mass is 32.1. The number of hydrogen-bond acceptors (Lipinski definition) is 7. The van der Waals surface area contributed by atoms with Gasteiger partial charge in [0.1, 0.15) is 16.3 Å². The van der Waals surface area contributed by atoms with Crippen molar-refractivity contribution >= 4 is 28.9 Å². The number of hydrogen-bond donors (Lipinski definition) is 3. The van der Waals surface area contributed by atoms with Crippen LogP contribution in [0.5, 0.6) is 0 Å². The number of rotatable bonds is 6. The first-order valence-electron chi connectivity index (χ1n) is 11.2. The van der Waals surface area contributed by atoms with E-state index >= 15 is 0 Å². The van der Waals surface area contributed by atoms with Gasteiger partial charge in [-0.05, 0) is 54.5 Å². The van der Waals surface area contributed by atoms with Gasteiger partial charge in [0.05, 0.1) is 10.8 Å². The number of carboxylic acids is 1. The van der Waals surface area contributed by atoms with Crippen molar-refractivity contribution in [2.24, 2.45) is 11.3 Å². The van der Waals surface area contributed by atoms with Gasteiger partial charge in [-0.3, -0.25) is 4.79 Å². The van der Waals surface area contributed by atoms with Gasteiger partial charge in [-0.25, -0.2) is 23.7 Å². The lowest BCUT2D eigenvalue weighted by atomic mass is 9.63. The number of anilines is 2. The molecule has 37 heavy (non-hydrogen) atoms. The first-order chi connectivity index (χ1) is 17.2. The van der Waals surface area contributed by atoms with Crippen molar-refractivity contribution < 1.29 is 37.0 Å². The maximum atomic E-state index is 13.6. The molecule has 0 saturated heterocycles. The van der Waals surface area contributed by atoms with Gasteiger partial charge in [0.2, 0.25) is 5.95 Å². The summed E-state index contributed by atoms with van der Waals surface area (Å²) in [6.45, 7) is 3.54. The van der Waals surface area contributed by atoms with Crippen molar-refractivity contribution in [1.82, 2.24) is 15.0 Å². The Hall–Kier alpha value is -3.19. The number of aliphatic carboxylic acids is 1. The molecule has 0 aliphatic heterocycles. The Morgan fingerprint density at radius 1 is 1.22 bits per heavy atom. The average molecular weight is 543 g/mol. The normalized spacial score (nSPS) is 21.7. The molecule has 1 aliphatic carbocycles. The average Bonchev–Trinajstić information content (AvgIpc) is 3.29. The lowest BCUT2D eigenvalue weighted by molar-refractivity contribution is -0.154. The monoisotopic (exact) mass is 542 g/mol. The summed E-state index contributed by atoms with van der Waals surface area (Å²) in [5.41, 5.74) is -3.31. The van der Waals surface area contributed by atoms with Crippen LogP contribution in [0.15, 0.2) is 36.7 Å². The van der Waals surface area contributed by atoms with Crippen LogP contribution in [0.2, 0.25) is 0 Å². The van der Waals surface area contributed by atoms with Gasteiger partial charge in [-0.2, -0.15) is 13.2 Å². The quantitative estimate of drug-likeness (QED) is 0.310. The fourth-order valence-electron chi connectivity index (χ4n) is 4.70. The molecule has 1 aromatic carbocycles. The Morgan fingerprint density at radius 3 is 2.57 bits per heavy atom. The molecule has 198 valence electrons. The van der Waals surface area contributed by atoms with Gasteiger partial charge in [0.15, 0.2) is 0 Å². The molecule has 0 unspecified atom stereocenters. The minimum absolute atomic E-state index is 0.0453. The van der Waals surface area contributed by atoms with Crippen molar-refractivity contribution in [3.8, 4) is 10.4 Å². The molecule has 1 aliphatic rings. The van der Waals surface area contributed by atoms with E-state index in [0.717, 1.165) is 23.6 Å². The summed E-state index contributed by atoms with van der Waals surface area (Å²) in [5.74, 6) is -1.97. The molecule has 0 radical (unpaired) electrons. The van der Waals surface area contributed by atoms with Crippen LogP contribution in [0.4, 0.5) is 33.6 Å². The third-order valence-corrected chi connectivity index (χ3v) is 7.67. The maximum absolute atomic E-state index is 13.6. The largest absolute Gasteiger partial charge is 0.481 e. The molecule has 3 aromatic rings. The Bertz CT molecular complexity index is 1310. The van der Waals surface area contributed by atoms with Crippen LogP contribution in [-0.4, -0.2) is 31.1 Å².